The van der Waals surface area contributed by atoms with E-state index in [1.807, 2.05) is 86.8 Å². The van der Waals surface area contributed by atoms with Gasteiger partial charge < -0.3 is 64.1 Å². The molecule has 22 heteroatoms. The third-order valence-electron chi connectivity index (χ3n) is 20.1. The van der Waals surface area contributed by atoms with Gasteiger partial charge in [0.2, 0.25) is 0 Å². The number of pyridine rings is 4. The van der Waals surface area contributed by atoms with E-state index in [2.05, 4.69) is 106 Å². The first-order valence-corrected chi connectivity index (χ1v) is 35.2. The van der Waals surface area contributed by atoms with E-state index >= 15 is 0 Å². The number of alkyl halides is 2. The van der Waals surface area contributed by atoms with Crippen LogP contribution in [0.5, 0.6) is 5.75 Å². The molecule has 0 spiro atoms. The Balaban J connectivity index is 0.000000121. The highest BCUT2D eigenvalue weighted by atomic mass is 35.5. The van der Waals surface area contributed by atoms with Crippen molar-refractivity contribution in [1.82, 2.24) is 57.8 Å². The Morgan fingerprint density at radius 3 is 1.60 bits per heavy atom. The Labute approximate surface area is 597 Å². The lowest BCUT2D eigenvalue weighted by molar-refractivity contribution is -0.0530. The molecule has 0 saturated heterocycles. The normalized spacial score (nSPS) is 17.3. The third-order valence-corrected chi connectivity index (χ3v) is 20.4. The molecule has 0 radical (unpaired) electrons. The average Bonchev–Trinajstić information content (AvgIpc) is 1.58. The Bertz CT molecular complexity index is 4880. The number of ether oxygens (including phenoxy) is 1. The van der Waals surface area contributed by atoms with Gasteiger partial charge in [-0.25, -0.2) is 0 Å². The van der Waals surface area contributed by atoms with Crippen LogP contribution in [0, 0.1) is 13.8 Å². The SMILES string of the molecule is CN1CCc2c(c3cc(OCCN)ccc3n2CC(O)c2ccncc2)C1.CN1CCc2c(c3cccc(Cl)c3n2CC(O)c2cccnc2)C1.Cc1ccc2c(c1)c1c(n2CC(O)c2cccnc2)C(F)(F)CN(C)C1.Cc1ccc2c(c1)c1c(n2CC(O)c2cccnc2)C(O)CN(C)C1. The summed E-state index contributed by atoms with van der Waals surface area (Å²) in [5, 5.41) is 58.6. The van der Waals surface area contributed by atoms with Crippen molar-refractivity contribution in [3.05, 3.63) is 254 Å². The molecule has 0 aliphatic carbocycles. The Kier molecular flexibility index (Phi) is 21.8. The van der Waals surface area contributed by atoms with Crippen LogP contribution in [-0.2, 0) is 71.1 Å². The second kappa shape index (κ2) is 31.0. The molecular formula is C80H90ClF2N13O6. The average molecular weight is 1400 g/mol. The van der Waals surface area contributed by atoms with Gasteiger partial charge in [-0.1, -0.05) is 65.2 Å². The number of para-hydroxylation sites is 1. The molecule has 19 nitrogen and oxygen atoms in total. The number of hydrogen-bond acceptors (Lipinski definition) is 15. The summed E-state index contributed by atoms with van der Waals surface area (Å²) >= 11 is 6.52. The molecule has 4 aliphatic rings. The van der Waals surface area contributed by atoms with Crippen molar-refractivity contribution in [3.63, 3.8) is 0 Å². The van der Waals surface area contributed by atoms with Crippen molar-refractivity contribution in [3.8, 4) is 5.75 Å². The van der Waals surface area contributed by atoms with Crippen LogP contribution in [-0.4, -0.2) is 151 Å². The van der Waals surface area contributed by atoms with Gasteiger partial charge in [-0.05, 0) is 143 Å². The van der Waals surface area contributed by atoms with E-state index in [0.29, 0.717) is 57.0 Å². The minimum absolute atomic E-state index is 0.0270. The van der Waals surface area contributed by atoms with Crippen molar-refractivity contribution < 1.29 is 39.1 Å². The van der Waals surface area contributed by atoms with Gasteiger partial charge in [0.1, 0.15) is 18.5 Å². The minimum Gasteiger partial charge on any atom is -0.492 e. The van der Waals surface area contributed by atoms with Crippen LogP contribution >= 0.6 is 11.6 Å². The zero-order chi connectivity index (χ0) is 71.5. The van der Waals surface area contributed by atoms with Gasteiger partial charge in [0.15, 0.2) is 0 Å². The number of halogens is 3. The van der Waals surface area contributed by atoms with Gasteiger partial charge >= 0.3 is 5.92 Å². The van der Waals surface area contributed by atoms with Crippen LogP contribution in [0.1, 0.15) is 109 Å². The van der Waals surface area contributed by atoms with Crippen molar-refractivity contribution in [1.29, 1.82) is 0 Å². The summed E-state index contributed by atoms with van der Waals surface area (Å²) in [4.78, 5) is 24.7. The standard InChI is InChI=1S/C21H26N4O2.C20H21F2N3O.C20H23N3O2.C19H20ClN3O/c1-24-10-6-20-18(13-24)17-12-16(27-11-7-22)2-3-19(17)25(20)14-21(26)15-4-8-23-9-5-15;1-13-5-6-17-15(8-13)16-10-24(2)12-20(21,22)19(16)25(17)11-18(26)14-4-3-7-23-9-14;1-13-5-6-17-15(8-13)16-10-22(2)11-19(25)20(16)23(17)12-18(24)14-4-3-7-21-9-14;1-22-9-7-17-15(11-22)14-5-2-6-16(20)19(14)23(17)12-18(24)13-4-3-8-21-10-13/h2-5,8-9,12,21,26H,6-7,10-11,13-14,22H2,1H3;3-9,18,26H,10-12H2,1-2H3;3-9,18-19,24-25H,10-12H2,1-2H3;2-6,8,10,18,24H,7,9,11-12H2,1H3. The molecule has 0 amide bonds. The number of rotatable bonds is 15. The number of aliphatic hydroxyl groups excluding tert-OH is 5. The van der Waals surface area contributed by atoms with Crippen LogP contribution in [0.2, 0.25) is 5.02 Å². The van der Waals surface area contributed by atoms with Crippen molar-refractivity contribution in [2.24, 2.45) is 5.73 Å². The van der Waals surface area contributed by atoms with Crippen molar-refractivity contribution in [2.45, 2.75) is 115 Å². The second-order valence-electron chi connectivity index (χ2n) is 27.7. The lowest BCUT2D eigenvalue weighted by Crippen LogP contribution is -2.39. The molecule has 532 valence electrons. The lowest BCUT2D eigenvalue weighted by atomic mass is 10.0. The zero-order valence-electron chi connectivity index (χ0n) is 58.6. The molecule has 12 aromatic rings. The largest absolute Gasteiger partial charge is 0.492 e. The molecule has 5 atom stereocenters. The van der Waals surface area contributed by atoms with Gasteiger partial charge in [0.25, 0.3) is 0 Å². The maximum Gasteiger partial charge on any atom is 0.300 e. The van der Waals surface area contributed by atoms with Crippen LogP contribution in [0.25, 0.3) is 43.6 Å². The highest BCUT2D eigenvalue weighted by Gasteiger charge is 2.44. The fourth-order valence-corrected chi connectivity index (χ4v) is 15.6. The fraction of sp³-hybridized carbons (Fsp3) is 0.350. The molecule has 0 fully saturated rings. The van der Waals surface area contributed by atoms with Gasteiger partial charge in [0.05, 0.1) is 79.1 Å². The first-order chi connectivity index (χ1) is 49.2. The fourth-order valence-electron chi connectivity index (χ4n) is 15.3. The summed E-state index contributed by atoms with van der Waals surface area (Å²) in [6, 6.07) is 39.0. The van der Waals surface area contributed by atoms with Gasteiger partial charge in [-0.15, -0.1) is 0 Å². The maximum absolute atomic E-state index is 14.9. The molecular weight excluding hydrogens is 1310 g/mol. The molecule has 5 unspecified atom stereocenters. The first-order valence-electron chi connectivity index (χ1n) is 34.8. The summed E-state index contributed by atoms with van der Waals surface area (Å²) < 4.78 is 43.8. The molecule has 102 heavy (non-hydrogen) atoms. The van der Waals surface area contributed by atoms with Gasteiger partial charge in [-0.3, -0.25) is 29.7 Å². The van der Waals surface area contributed by atoms with Gasteiger partial charge in [0, 0.05) is 187 Å². The molecule has 7 N–H and O–H groups in total. The number of benzene rings is 4. The van der Waals surface area contributed by atoms with E-state index in [0.717, 1.165) is 112 Å². The monoisotopic (exact) mass is 1400 g/mol. The number of aromatic nitrogens is 8. The molecule has 0 bridgehead atoms. The third kappa shape index (κ3) is 15.2. The molecule has 0 saturated carbocycles. The molecule has 8 aromatic heterocycles. The summed E-state index contributed by atoms with van der Waals surface area (Å²) in [5.74, 6) is -2.12. The first kappa shape index (κ1) is 71.6. The molecule has 12 heterocycles. The Hall–Kier alpha value is -8.81. The molecule has 4 aliphatic heterocycles. The quantitative estimate of drug-likeness (QED) is 0.0562. The summed E-state index contributed by atoms with van der Waals surface area (Å²) in [6.45, 7) is 12.0. The van der Waals surface area contributed by atoms with Crippen molar-refractivity contribution in [2.75, 3.05) is 67.5 Å². The number of nitrogens with two attached hydrogens (primary N) is 1. The van der Waals surface area contributed by atoms with E-state index < -0.39 is 36.4 Å². The second-order valence-corrected chi connectivity index (χ2v) is 28.2. The van der Waals surface area contributed by atoms with E-state index in [4.69, 9.17) is 22.1 Å². The number of hydrogen-bond donors (Lipinski definition) is 6. The number of aryl methyl sites for hydroxylation is 2. The summed E-state index contributed by atoms with van der Waals surface area (Å²) in [7, 11) is 8.02. The van der Waals surface area contributed by atoms with Crippen LogP contribution in [0.4, 0.5) is 8.78 Å². The highest BCUT2D eigenvalue weighted by molar-refractivity contribution is 6.35. The van der Waals surface area contributed by atoms with Crippen LogP contribution in [0.15, 0.2) is 171 Å². The van der Waals surface area contributed by atoms with E-state index in [1.54, 1.807) is 78.2 Å². The lowest BCUT2D eigenvalue weighted by Gasteiger charge is -2.31. The predicted octanol–water partition coefficient (Wildman–Crippen LogP) is 11.7. The number of fused-ring (bicyclic) bond motifs is 12. The number of nitrogens with zero attached hydrogens (tertiary/aromatic N) is 12. The summed E-state index contributed by atoms with van der Waals surface area (Å²) in [6.07, 6.45) is 12.1. The van der Waals surface area contributed by atoms with E-state index in [1.165, 1.54) is 49.8 Å². The predicted molar refractivity (Wildman–Crippen MR) is 395 cm³/mol. The van der Waals surface area contributed by atoms with Crippen LogP contribution in [0.3, 0.4) is 0 Å². The topological polar surface area (TPSA) is 221 Å². The number of β-amino-alcohol motifs (C(OH)–C–C–N with tert-alkyl or cyclic N) is 1. The molecule has 16 rings (SSSR count). The molecule has 4 aromatic carbocycles. The zero-order valence-corrected chi connectivity index (χ0v) is 59.3. The van der Waals surface area contributed by atoms with Gasteiger partial charge in [-0.2, -0.15) is 8.78 Å². The van der Waals surface area contributed by atoms with E-state index in [9.17, 15) is 34.3 Å². The van der Waals surface area contributed by atoms with Crippen molar-refractivity contribution >= 4 is 55.2 Å². The smallest absolute Gasteiger partial charge is 0.300 e. The Morgan fingerprint density at radius 2 is 1.01 bits per heavy atom. The van der Waals surface area contributed by atoms with E-state index in [-0.39, 0.29) is 18.8 Å². The number of likely N-dealkylation sites (N-methyl/N-ethyl adjacent to an activating group) is 4. The maximum atomic E-state index is 14.9. The summed E-state index contributed by atoms with van der Waals surface area (Å²) in [5.41, 5.74) is 22.9. The number of aliphatic hydroxyl groups is 5. The Morgan fingerprint density at radius 1 is 0.520 bits per heavy atom. The minimum atomic E-state index is -2.97. The van der Waals surface area contributed by atoms with Crippen LogP contribution < -0.4 is 10.5 Å². The highest BCUT2D eigenvalue weighted by Crippen LogP contribution is 2.44.